The molecule has 1 aliphatic heterocycles. The van der Waals surface area contributed by atoms with E-state index in [1.54, 1.807) is 30.4 Å². The number of esters is 1. The van der Waals surface area contributed by atoms with Crippen LogP contribution in [0.25, 0.3) is 0 Å². The summed E-state index contributed by atoms with van der Waals surface area (Å²) in [5.41, 5.74) is 4.04. The molecule has 1 saturated heterocycles. The van der Waals surface area contributed by atoms with Gasteiger partial charge in [0.25, 0.3) is 0 Å². The third kappa shape index (κ3) is 5.24. The quantitative estimate of drug-likeness (QED) is 0.0839. The Morgan fingerprint density at radius 3 is 1.71 bits per heavy atom. The topological polar surface area (TPSA) is 59.8 Å². The Morgan fingerprint density at radius 2 is 1.33 bits per heavy atom. The van der Waals surface area contributed by atoms with E-state index in [0.29, 0.717) is 5.56 Å². The van der Waals surface area contributed by atoms with Gasteiger partial charge < -0.3 is 13.7 Å². The number of benzene rings is 3. The van der Waals surface area contributed by atoms with Gasteiger partial charge in [-0.1, -0.05) is 125 Å². The molecule has 1 aromatic heterocycles. The summed E-state index contributed by atoms with van der Waals surface area (Å²) in [6.07, 6.45) is 2.38. The maximum Gasteiger partial charge on any atom is 0.303 e. The zero-order chi connectivity index (χ0) is 30.1. The first-order valence-electron chi connectivity index (χ1n) is 14.4. The molecular formula is C35H39NO4SSi. The number of carbonyl (C=O) groups excluding carboxylic acids is 2. The molecule has 5 rings (SSSR count). The summed E-state index contributed by atoms with van der Waals surface area (Å²) in [7, 11) is -2.36. The van der Waals surface area contributed by atoms with Crippen LogP contribution in [-0.2, 0) is 19.1 Å². The van der Waals surface area contributed by atoms with Gasteiger partial charge in [0.05, 0.1) is 22.6 Å². The molecule has 42 heavy (non-hydrogen) atoms. The summed E-state index contributed by atoms with van der Waals surface area (Å²) >= 11 is 1.77. The zero-order valence-electron chi connectivity index (χ0n) is 25.1. The van der Waals surface area contributed by atoms with Crippen LogP contribution in [0.3, 0.4) is 0 Å². The first-order chi connectivity index (χ1) is 20.0. The maximum atomic E-state index is 14.4. The second kappa shape index (κ2) is 11.6. The van der Waals surface area contributed by atoms with Crippen molar-refractivity contribution in [3.05, 3.63) is 132 Å². The van der Waals surface area contributed by atoms with Gasteiger partial charge >= 0.3 is 5.97 Å². The molecule has 1 fully saturated rings. The fraction of sp³-hybridized carbons (Fsp3) is 0.314. The number of thioether (sulfide) groups is 1. The third-order valence-electron chi connectivity index (χ3n) is 8.85. The first kappa shape index (κ1) is 29.9. The lowest BCUT2D eigenvalue weighted by molar-refractivity contribution is -0.163. The Labute approximate surface area is 254 Å². The number of nitrogens with zero attached hydrogens (tertiary/aromatic N) is 1. The Balaban J connectivity index is 1.75. The monoisotopic (exact) mass is 597 g/mol. The van der Waals surface area contributed by atoms with Crippen LogP contribution in [0.1, 0.15) is 56.1 Å². The molecule has 4 aromatic rings. The van der Waals surface area contributed by atoms with Gasteiger partial charge in [-0.25, -0.2) is 0 Å². The molecule has 1 aliphatic rings. The normalized spacial score (nSPS) is 18.3. The Morgan fingerprint density at radius 1 is 0.857 bits per heavy atom. The Bertz CT molecular complexity index is 1400. The first-order valence-corrected chi connectivity index (χ1v) is 18.2. The molecule has 3 unspecified atom stereocenters. The number of carbonyl (C=O) groups is 2. The van der Waals surface area contributed by atoms with Crippen LogP contribution in [0.15, 0.2) is 114 Å². The van der Waals surface area contributed by atoms with Gasteiger partial charge in [0, 0.05) is 12.5 Å². The molecule has 0 saturated carbocycles. The number of hydrogen-bond acceptors (Lipinski definition) is 5. The van der Waals surface area contributed by atoms with E-state index < -0.39 is 31.0 Å². The van der Waals surface area contributed by atoms with Gasteiger partial charge in [-0.2, -0.15) is 0 Å². The van der Waals surface area contributed by atoms with Crippen molar-refractivity contribution in [1.29, 1.82) is 0 Å². The largest absolute Gasteiger partial charge is 0.472 e. The number of β-lactam (4-membered cyclic amide) rings is 1. The average molecular weight is 598 g/mol. The lowest BCUT2D eigenvalue weighted by Gasteiger charge is -2.60. The van der Waals surface area contributed by atoms with E-state index in [4.69, 9.17) is 9.15 Å². The molecule has 1 amide bonds. The van der Waals surface area contributed by atoms with Crippen molar-refractivity contribution in [2.24, 2.45) is 5.92 Å². The van der Waals surface area contributed by atoms with Crippen molar-refractivity contribution in [2.75, 3.05) is 0 Å². The van der Waals surface area contributed by atoms with Crippen LogP contribution in [0.5, 0.6) is 0 Å². The molecule has 0 radical (unpaired) electrons. The van der Waals surface area contributed by atoms with E-state index in [2.05, 4.69) is 111 Å². The van der Waals surface area contributed by atoms with Gasteiger partial charge in [0.2, 0.25) is 5.91 Å². The number of rotatable bonds is 9. The van der Waals surface area contributed by atoms with Crippen LogP contribution < -0.4 is 0 Å². The summed E-state index contributed by atoms with van der Waals surface area (Å²) < 4.78 is 12.9. The molecule has 0 aliphatic carbocycles. The van der Waals surface area contributed by atoms with E-state index in [0.717, 1.165) is 16.7 Å². The minimum Gasteiger partial charge on any atom is -0.472 e. The molecule has 0 spiro atoms. The Kier molecular flexibility index (Phi) is 8.27. The SMILES string of the molecule is CC(=O)OC(c1ccoc1)C1C(=O)N([Si](C)(C)C(C)(C)C)C1SC(c1ccccc1)(c1ccccc1)c1ccccc1. The summed E-state index contributed by atoms with van der Waals surface area (Å²) in [5.74, 6) is -0.986. The number of hydrogen-bond donors (Lipinski definition) is 0. The van der Waals surface area contributed by atoms with Crippen molar-refractivity contribution in [1.82, 2.24) is 4.57 Å². The standard InChI is InChI=1S/C35H39NO4SSi/c1-25(37)40-31(26-22-23-39-24-26)30-32(38)36(42(5,6)34(2,3)4)33(30)41-35(27-16-10-7-11-17-27,28-18-12-8-13-19-28)29-20-14-9-15-21-29/h7-24,30-31,33H,1-6H3. The highest BCUT2D eigenvalue weighted by atomic mass is 32.2. The van der Waals surface area contributed by atoms with E-state index >= 15 is 0 Å². The van der Waals surface area contributed by atoms with Gasteiger partial charge in [0.1, 0.15) is 12.0 Å². The van der Waals surface area contributed by atoms with Crippen LogP contribution >= 0.6 is 11.8 Å². The van der Waals surface area contributed by atoms with Crippen LogP contribution in [0.2, 0.25) is 18.1 Å². The molecule has 5 nitrogen and oxygen atoms in total. The second-order valence-electron chi connectivity index (χ2n) is 12.4. The molecule has 3 atom stereocenters. The van der Waals surface area contributed by atoms with Crippen molar-refractivity contribution >= 4 is 31.9 Å². The maximum absolute atomic E-state index is 14.4. The van der Waals surface area contributed by atoms with E-state index in [9.17, 15) is 9.59 Å². The summed E-state index contributed by atoms with van der Waals surface area (Å²) in [4.78, 5) is 26.8. The summed E-state index contributed by atoms with van der Waals surface area (Å²) in [6, 6.07) is 33.3. The third-order valence-corrected chi connectivity index (χ3v) is 16.2. The number of ether oxygens (including phenoxy) is 1. The minimum absolute atomic E-state index is 0.0228. The molecular weight excluding hydrogens is 559 g/mol. The smallest absolute Gasteiger partial charge is 0.303 e. The van der Waals surface area contributed by atoms with Gasteiger partial charge in [0.15, 0.2) is 8.24 Å². The molecule has 218 valence electrons. The van der Waals surface area contributed by atoms with E-state index in [-0.39, 0.29) is 16.3 Å². The predicted molar refractivity (Wildman–Crippen MR) is 171 cm³/mol. The van der Waals surface area contributed by atoms with Crippen molar-refractivity contribution in [2.45, 2.75) is 62.1 Å². The second-order valence-corrected chi connectivity index (χ2v) is 18.8. The molecule has 0 N–H and O–H groups in total. The fourth-order valence-corrected chi connectivity index (χ4v) is 10.7. The highest BCUT2D eigenvalue weighted by Crippen LogP contribution is 2.59. The van der Waals surface area contributed by atoms with Crippen LogP contribution in [0, 0.1) is 5.92 Å². The number of furan rings is 1. The zero-order valence-corrected chi connectivity index (χ0v) is 26.9. The van der Waals surface area contributed by atoms with E-state index in [1.165, 1.54) is 6.92 Å². The Hall–Kier alpha value is -3.55. The highest BCUT2D eigenvalue weighted by Gasteiger charge is 2.62. The molecule has 3 aromatic carbocycles. The lowest BCUT2D eigenvalue weighted by Crippen LogP contribution is -2.73. The van der Waals surface area contributed by atoms with Gasteiger partial charge in [-0.3, -0.25) is 9.59 Å². The molecule has 0 bridgehead atoms. The van der Waals surface area contributed by atoms with Crippen molar-refractivity contribution in [3.63, 3.8) is 0 Å². The van der Waals surface area contributed by atoms with Crippen LogP contribution in [0.4, 0.5) is 0 Å². The highest BCUT2D eigenvalue weighted by molar-refractivity contribution is 8.01. The van der Waals surface area contributed by atoms with Crippen molar-refractivity contribution < 1.29 is 18.7 Å². The molecule has 2 heterocycles. The van der Waals surface area contributed by atoms with Crippen LogP contribution in [-0.4, -0.2) is 30.1 Å². The predicted octanol–water partition coefficient (Wildman–Crippen LogP) is 8.40. The molecule has 7 heteroatoms. The van der Waals surface area contributed by atoms with Gasteiger partial charge in [-0.15, -0.1) is 11.8 Å². The fourth-order valence-electron chi connectivity index (χ4n) is 5.71. The van der Waals surface area contributed by atoms with Gasteiger partial charge in [-0.05, 0) is 27.8 Å². The van der Waals surface area contributed by atoms with E-state index in [1.807, 2.05) is 18.2 Å². The summed E-state index contributed by atoms with van der Waals surface area (Å²) in [5, 5.41) is -0.369. The average Bonchev–Trinajstić information content (AvgIpc) is 3.50. The minimum atomic E-state index is -2.36. The lowest BCUT2D eigenvalue weighted by atomic mass is 9.84. The number of amides is 1. The van der Waals surface area contributed by atoms with Crippen molar-refractivity contribution in [3.8, 4) is 0 Å². The summed E-state index contributed by atoms with van der Waals surface area (Å²) in [6.45, 7) is 12.6.